The van der Waals surface area contributed by atoms with E-state index in [-0.39, 0.29) is 18.2 Å². The number of amides is 1. The quantitative estimate of drug-likeness (QED) is 0.330. The first kappa shape index (κ1) is 22.9. The molecule has 1 amide bonds. The number of nitrogens with one attached hydrogen (secondary N) is 3. The lowest BCUT2D eigenvalue weighted by Gasteiger charge is -2.15. The molecule has 0 saturated heterocycles. The average Bonchev–Trinajstić information content (AvgIpc) is 2.74. The van der Waals surface area contributed by atoms with Gasteiger partial charge in [-0.1, -0.05) is 23.8 Å². The van der Waals surface area contributed by atoms with Crippen molar-refractivity contribution < 1.29 is 23.0 Å². The van der Waals surface area contributed by atoms with Gasteiger partial charge in [-0.15, -0.1) is 0 Å². The van der Waals surface area contributed by atoms with Crippen molar-refractivity contribution in [1.29, 1.82) is 0 Å². The van der Waals surface area contributed by atoms with Crippen molar-refractivity contribution in [3.8, 4) is 11.5 Å². The number of guanidine groups is 1. The number of carbonyl (C=O) groups is 1. The van der Waals surface area contributed by atoms with Gasteiger partial charge >= 0.3 is 6.61 Å². The molecule has 2 aromatic rings. The Morgan fingerprint density at radius 1 is 1.10 bits per heavy atom. The maximum Gasteiger partial charge on any atom is 0.387 e. The third-order valence-electron chi connectivity index (χ3n) is 4.14. The van der Waals surface area contributed by atoms with E-state index in [9.17, 15) is 13.6 Å². The Labute approximate surface area is 174 Å². The number of hydrogen-bond acceptors (Lipinski definition) is 4. The summed E-state index contributed by atoms with van der Waals surface area (Å²) in [6.45, 7) is 0.00904. The predicted molar refractivity (Wildman–Crippen MR) is 111 cm³/mol. The minimum Gasteiger partial charge on any atom is -0.497 e. The van der Waals surface area contributed by atoms with Crippen molar-refractivity contribution in [2.45, 2.75) is 20.1 Å². The summed E-state index contributed by atoms with van der Waals surface area (Å²) in [7, 11) is 3.13. The van der Waals surface area contributed by atoms with Gasteiger partial charge in [0.1, 0.15) is 11.5 Å². The summed E-state index contributed by atoms with van der Waals surface area (Å²) in [4.78, 5) is 16.3. The van der Waals surface area contributed by atoms with Crippen LogP contribution in [0.3, 0.4) is 0 Å². The van der Waals surface area contributed by atoms with Crippen molar-refractivity contribution in [2.24, 2.45) is 4.99 Å². The Bertz CT molecular complexity index is 875. The third-order valence-corrected chi connectivity index (χ3v) is 4.14. The van der Waals surface area contributed by atoms with Crippen LogP contribution >= 0.6 is 0 Å². The first-order valence-corrected chi connectivity index (χ1v) is 9.34. The molecule has 0 saturated carbocycles. The van der Waals surface area contributed by atoms with Gasteiger partial charge in [0.2, 0.25) is 0 Å². The van der Waals surface area contributed by atoms with E-state index in [4.69, 9.17) is 4.74 Å². The standard InChI is InChI=1S/C21H26F2N4O3/c1-14-7-8-18(30-20(22)23)16(11-14)13-27-21(24-2)26-10-9-25-19(28)15-5-4-6-17(12-15)29-3/h4-8,11-12,20H,9-10,13H2,1-3H3,(H,25,28)(H2,24,26,27). The van der Waals surface area contributed by atoms with Crippen molar-refractivity contribution in [1.82, 2.24) is 16.0 Å². The van der Waals surface area contributed by atoms with Crippen molar-refractivity contribution in [2.75, 3.05) is 27.2 Å². The molecule has 2 aromatic carbocycles. The lowest BCUT2D eigenvalue weighted by atomic mass is 10.1. The molecule has 0 aromatic heterocycles. The fourth-order valence-corrected chi connectivity index (χ4v) is 2.68. The van der Waals surface area contributed by atoms with Crippen LogP contribution in [-0.4, -0.2) is 45.7 Å². The summed E-state index contributed by atoms with van der Waals surface area (Å²) in [6.07, 6.45) is 0. The predicted octanol–water partition coefficient (Wildman–Crippen LogP) is 2.70. The molecule has 9 heteroatoms. The molecule has 0 atom stereocenters. The van der Waals surface area contributed by atoms with Crippen LogP contribution in [-0.2, 0) is 6.54 Å². The zero-order valence-corrected chi connectivity index (χ0v) is 17.2. The van der Waals surface area contributed by atoms with E-state index in [1.165, 1.54) is 6.07 Å². The summed E-state index contributed by atoms with van der Waals surface area (Å²) in [5.74, 6) is 0.975. The Morgan fingerprint density at radius 2 is 1.87 bits per heavy atom. The molecule has 0 aliphatic heterocycles. The van der Waals surface area contributed by atoms with Gasteiger partial charge in [0, 0.05) is 37.8 Å². The maximum atomic E-state index is 12.6. The van der Waals surface area contributed by atoms with Crippen molar-refractivity contribution >= 4 is 11.9 Å². The fourth-order valence-electron chi connectivity index (χ4n) is 2.68. The first-order chi connectivity index (χ1) is 14.4. The Hall–Kier alpha value is -3.36. The molecule has 3 N–H and O–H groups in total. The van der Waals surface area contributed by atoms with Gasteiger partial charge in [-0.3, -0.25) is 9.79 Å². The maximum absolute atomic E-state index is 12.6. The Balaban J connectivity index is 1.81. The van der Waals surface area contributed by atoms with Crippen LogP contribution in [0.2, 0.25) is 0 Å². The summed E-state index contributed by atoms with van der Waals surface area (Å²) < 4.78 is 34.8. The van der Waals surface area contributed by atoms with Gasteiger partial charge in [0.25, 0.3) is 5.91 Å². The summed E-state index contributed by atoms with van der Waals surface area (Å²) in [5, 5.41) is 8.90. The average molecular weight is 420 g/mol. The smallest absolute Gasteiger partial charge is 0.387 e. The number of carbonyl (C=O) groups excluding carboxylic acids is 1. The minimum atomic E-state index is -2.89. The van der Waals surface area contributed by atoms with Gasteiger partial charge in [0.05, 0.1) is 7.11 Å². The van der Waals surface area contributed by atoms with Crippen LogP contribution in [0.15, 0.2) is 47.5 Å². The van der Waals surface area contributed by atoms with E-state index in [1.807, 2.05) is 6.92 Å². The second-order valence-corrected chi connectivity index (χ2v) is 6.33. The van der Waals surface area contributed by atoms with Crippen LogP contribution in [0.4, 0.5) is 8.78 Å². The highest BCUT2D eigenvalue weighted by Crippen LogP contribution is 2.22. The topological polar surface area (TPSA) is 84.0 Å². The summed E-state index contributed by atoms with van der Waals surface area (Å²) >= 11 is 0. The SMILES string of the molecule is CN=C(NCCNC(=O)c1cccc(OC)c1)NCc1cc(C)ccc1OC(F)F. The van der Waals surface area contributed by atoms with E-state index >= 15 is 0 Å². The molecule has 0 heterocycles. The number of aliphatic imine (C=N–C) groups is 1. The Morgan fingerprint density at radius 3 is 2.57 bits per heavy atom. The zero-order chi connectivity index (χ0) is 21.9. The number of nitrogens with zero attached hydrogens (tertiary/aromatic N) is 1. The lowest BCUT2D eigenvalue weighted by molar-refractivity contribution is -0.0504. The van der Waals surface area contributed by atoms with Gasteiger partial charge in [0.15, 0.2) is 5.96 Å². The largest absolute Gasteiger partial charge is 0.497 e. The fraction of sp³-hybridized carbons (Fsp3) is 0.333. The zero-order valence-electron chi connectivity index (χ0n) is 17.2. The van der Waals surface area contributed by atoms with E-state index in [1.54, 1.807) is 50.6 Å². The molecule has 0 unspecified atom stereocenters. The number of rotatable bonds is 9. The van der Waals surface area contributed by atoms with Gasteiger partial charge in [-0.25, -0.2) is 0 Å². The lowest BCUT2D eigenvalue weighted by Crippen LogP contribution is -2.41. The van der Waals surface area contributed by atoms with Gasteiger partial charge < -0.3 is 25.4 Å². The molecule has 0 aliphatic rings. The van der Waals surface area contributed by atoms with E-state index in [0.717, 1.165) is 5.56 Å². The van der Waals surface area contributed by atoms with Gasteiger partial charge in [-0.2, -0.15) is 8.78 Å². The Kier molecular flexibility index (Phi) is 8.86. The molecule has 0 spiro atoms. The van der Waals surface area contributed by atoms with Crippen LogP contribution in [0.5, 0.6) is 11.5 Å². The number of alkyl halides is 2. The molecular weight excluding hydrogens is 394 g/mol. The number of ether oxygens (including phenoxy) is 2. The van der Waals surface area contributed by atoms with Gasteiger partial charge in [-0.05, 0) is 31.2 Å². The molecule has 30 heavy (non-hydrogen) atoms. The van der Waals surface area contributed by atoms with E-state index in [2.05, 4.69) is 25.7 Å². The van der Waals surface area contributed by atoms with Crippen molar-refractivity contribution in [3.63, 3.8) is 0 Å². The summed E-state index contributed by atoms with van der Waals surface area (Å²) in [5.41, 5.74) is 2.02. The van der Waals surface area contributed by atoms with E-state index < -0.39 is 6.61 Å². The highest BCUT2D eigenvalue weighted by atomic mass is 19.3. The number of hydrogen-bond donors (Lipinski definition) is 3. The molecule has 0 bridgehead atoms. The number of halogens is 2. The molecule has 7 nitrogen and oxygen atoms in total. The molecule has 0 aliphatic carbocycles. The second kappa shape index (κ2) is 11.6. The second-order valence-electron chi connectivity index (χ2n) is 6.33. The van der Waals surface area contributed by atoms with Crippen LogP contribution in [0.1, 0.15) is 21.5 Å². The number of methoxy groups -OCH3 is 1. The monoisotopic (exact) mass is 420 g/mol. The van der Waals surface area contributed by atoms with Crippen LogP contribution in [0, 0.1) is 6.92 Å². The van der Waals surface area contributed by atoms with Crippen LogP contribution < -0.4 is 25.4 Å². The normalized spacial score (nSPS) is 11.2. The van der Waals surface area contributed by atoms with Crippen molar-refractivity contribution in [3.05, 3.63) is 59.2 Å². The van der Waals surface area contributed by atoms with Crippen LogP contribution in [0.25, 0.3) is 0 Å². The molecule has 0 radical (unpaired) electrons. The molecule has 162 valence electrons. The molecule has 0 fully saturated rings. The number of aryl methyl sites for hydroxylation is 1. The third kappa shape index (κ3) is 7.23. The molecular formula is C21H26F2N4O3. The van der Waals surface area contributed by atoms with E-state index in [0.29, 0.717) is 35.9 Å². The first-order valence-electron chi connectivity index (χ1n) is 9.34. The highest BCUT2D eigenvalue weighted by molar-refractivity contribution is 5.94. The minimum absolute atomic E-state index is 0.115. The number of benzene rings is 2. The highest BCUT2D eigenvalue weighted by Gasteiger charge is 2.11. The molecule has 2 rings (SSSR count). The summed E-state index contributed by atoms with van der Waals surface area (Å²) in [6, 6.07) is 11.9.